The number of nitrogens with zero attached hydrogens (tertiary/aromatic N) is 2. The van der Waals surface area contributed by atoms with E-state index in [1.54, 1.807) is 13.3 Å². The molecular formula is C20H28BrN3O3. The molecule has 148 valence electrons. The smallest absolute Gasteiger partial charge is 0.257 e. The van der Waals surface area contributed by atoms with Crippen LogP contribution in [0.1, 0.15) is 39.5 Å². The Labute approximate surface area is 169 Å². The van der Waals surface area contributed by atoms with Gasteiger partial charge in [0.15, 0.2) is 5.82 Å². The van der Waals surface area contributed by atoms with Crippen LogP contribution in [0.15, 0.2) is 22.8 Å². The Kier molecular flexibility index (Phi) is 8.64. The highest BCUT2D eigenvalue weighted by Crippen LogP contribution is 2.38. The average molecular weight is 438 g/mol. The number of halogens is 1. The topological polar surface area (TPSA) is 65.5 Å². The maximum absolute atomic E-state index is 5.80. The molecule has 6 nitrogen and oxygen atoms in total. The molecule has 0 spiro atoms. The van der Waals surface area contributed by atoms with Crippen LogP contribution in [0.25, 0.3) is 11.3 Å². The summed E-state index contributed by atoms with van der Waals surface area (Å²) in [6, 6.07) is 3.78. The molecule has 2 aromatic rings. The number of ether oxygens (including phenoxy) is 3. The van der Waals surface area contributed by atoms with Gasteiger partial charge in [-0.05, 0) is 35.3 Å². The number of hydrogen-bond donors (Lipinski definition) is 1. The van der Waals surface area contributed by atoms with Crippen molar-refractivity contribution in [3.8, 4) is 28.6 Å². The van der Waals surface area contributed by atoms with Crippen LogP contribution in [-0.2, 0) is 0 Å². The number of hydrogen-bond acceptors (Lipinski definition) is 6. The Morgan fingerprint density at radius 1 is 1.07 bits per heavy atom. The second kappa shape index (κ2) is 11.0. The normalized spacial score (nSPS) is 10.6. The van der Waals surface area contributed by atoms with Crippen molar-refractivity contribution in [2.75, 3.05) is 32.7 Å². The Morgan fingerprint density at radius 3 is 2.56 bits per heavy atom. The van der Waals surface area contributed by atoms with Gasteiger partial charge in [0.2, 0.25) is 0 Å². The number of aromatic nitrogens is 2. The lowest BCUT2D eigenvalue weighted by Gasteiger charge is -2.14. The third kappa shape index (κ3) is 5.73. The van der Waals surface area contributed by atoms with E-state index >= 15 is 0 Å². The van der Waals surface area contributed by atoms with E-state index in [-0.39, 0.29) is 0 Å². The molecule has 1 N–H and O–H groups in total. The highest BCUT2D eigenvalue weighted by molar-refractivity contribution is 9.10. The summed E-state index contributed by atoms with van der Waals surface area (Å²) >= 11 is 3.54. The zero-order chi connectivity index (χ0) is 19.6. The molecule has 0 aliphatic carbocycles. The van der Waals surface area contributed by atoms with E-state index in [9.17, 15) is 0 Å². The van der Waals surface area contributed by atoms with E-state index < -0.39 is 0 Å². The first kappa shape index (κ1) is 21.3. The van der Waals surface area contributed by atoms with E-state index in [1.165, 1.54) is 12.8 Å². The first-order valence-corrected chi connectivity index (χ1v) is 10.1. The van der Waals surface area contributed by atoms with Crippen molar-refractivity contribution in [3.05, 3.63) is 22.8 Å². The molecule has 0 unspecified atom stereocenters. The summed E-state index contributed by atoms with van der Waals surface area (Å²) in [7, 11) is 3.44. The van der Waals surface area contributed by atoms with Crippen molar-refractivity contribution in [2.45, 2.75) is 39.5 Å². The van der Waals surface area contributed by atoms with E-state index in [0.717, 1.165) is 28.6 Å². The van der Waals surface area contributed by atoms with Crippen LogP contribution in [-0.4, -0.2) is 37.3 Å². The van der Waals surface area contributed by atoms with Crippen molar-refractivity contribution in [2.24, 2.45) is 0 Å². The Hall–Kier alpha value is -2.02. The number of rotatable bonds is 11. The van der Waals surface area contributed by atoms with Gasteiger partial charge in [0.1, 0.15) is 11.5 Å². The lowest BCUT2D eigenvalue weighted by atomic mass is 10.1. The molecule has 0 amide bonds. The fraction of sp³-hybridized carbons (Fsp3) is 0.500. The minimum atomic E-state index is 0.515. The molecule has 1 heterocycles. The van der Waals surface area contributed by atoms with E-state index in [0.29, 0.717) is 36.4 Å². The molecular weight excluding hydrogens is 410 g/mol. The molecule has 1 aromatic heterocycles. The molecule has 0 aliphatic heterocycles. The molecule has 0 fully saturated rings. The lowest BCUT2D eigenvalue weighted by Crippen LogP contribution is -2.05. The van der Waals surface area contributed by atoms with Gasteiger partial charge >= 0.3 is 0 Å². The summed E-state index contributed by atoms with van der Waals surface area (Å²) in [5.41, 5.74) is 1.52. The second-order valence-electron chi connectivity index (χ2n) is 5.98. The minimum absolute atomic E-state index is 0.515. The Bertz CT molecular complexity index is 741. The van der Waals surface area contributed by atoms with Gasteiger partial charge in [-0.25, -0.2) is 9.97 Å². The summed E-state index contributed by atoms with van der Waals surface area (Å²) in [6.07, 6.45) is 6.30. The van der Waals surface area contributed by atoms with Gasteiger partial charge < -0.3 is 19.5 Å². The highest BCUT2D eigenvalue weighted by Gasteiger charge is 2.16. The molecule has 0 saturated carbocycles. The number of unbranched alkanes of at least 4 members (excludes halogenated alkanes) is 3. The van der Waals surface area contributed by atoms with Crippen molar-refractivity contribution in [3.63, 3.8) is 0 Å². The SMILES string of the molecule is CCCCCCOc1ncc(-c2cc(Br)c(OCC)cc2OC)nc1NC. The standard InChI is InChI=1S/C20H28BrN3O3/c1-5-7-8-9-10-27-20-19(22-3)24-16(13-23-20)14-11-15(21)18(26-6-2)12-17(14)25-4/h11-13H,5-10H2,1-4H3,(H,22,24). The van der Waals surface area contributed by atoms with Crippen LogP contribution in [0, 0.1) is 0 Å². The largest absolute Gasteiger partial charge is 0.496 e. The third-order valence-electron chi connectivity index (χ3n) is 4.04. The fourth-order valence-electron chi connectivity index (χ4n) is 2.64. The zero-order valence-corrected chi connectivity index (χ0v) is 18.1. The third-order valence-corrected chi connectivity index (χ3v) is 4.66. The summed E-state index contributed by atoms with van der Waals surface area (Å²) < 4.78 is 17.8. The fourth-order valence-corrected chi connectivity index (χ4v) is 3.10. The van der Waals surface area contributed by atoms with Gasteiger partial charge in [-0.2, -0.15) is 0 Å². The molecule has 0 atom stereocenters. The molecule has 1 aromatic carbocycles. The molecule has 0 aliphatic rings. The first-order valence-electron chi connectivity index (χ1n) is 9.32. The van der Waals surface area contributed by atoms with Gasteiger partial charge in [-0.1, -0.05) is 26.2 Å². The molecule has 2 rings (SSSR count). The molecule has 7 heteroatoms. The molecule has 27 heavy (non-hydrogen) atoms. The van der Waals surface area contributed by atoms with Gasteiger partial charge in [-0.15, -0.1) is 0 Å². The maximum atomic E-state index is 5.80. The second-order valence-corrected chi connectivity index (χ2v) is 6.84. The predicted molar refractivity (Wildman–Crippen MR) is 112 cm³/mol. The van der Waals surface area contributed by atoms with Gasteiger partial charge in [0, 0.05) is 18.7 Å². The van der Waals surface area contributed by atoms with Gasteiger partial charge in [0.05, 0.1) is 36.7 Å². The molecule has 0 radical (unpaired) electrons. The van der Waals surface area contributed by atoms with Gasteiger partial charge in [0.25, 0.3) is 5.88 Å². The van der Waals surface area contributed by atoms with E-state index in [2.05, 4.69) is 38.1 Å². The summed E-state index contributed by atoms with van der Waals surface area (Å²) in [5, 5.41) is 3.07. The zero-order valence-electron chi connectivity index (χ0n) is 16.5. The summed E-state index contributed by atoms with van der Waals surface area (Å²) in [6.45, 7) is 5.35. The highest BCUT2D eigenvalue weighted by atomic mass is 79.9. The summed E-state index contributed by atoms with van der Waals surface area (Å²) in [5.74, 6) is 2.52. The van der Waals surface area contributed by atoms with Crippen LogP contribution in [0.2, 0.25) is 0 Å². The van der Waals surface area contributed by atoms with Crippen molar-refractivity contribution in [1.82, 2.24) is 9.97 Å². The Balaban J connectivity index is 2.25. The van der Waals surface area contributed by atoms with Crippen molar-refractivity contribution < 1.29 is 14.2 Å². The number of anilines is 1. The van der Waals surface area contributed by atoms with Crippen LogP contribution < -0.4 is 19.5 Å². The summed E-state index contributed by atoms with van der Waals surface area (Å²) in [4.78, 5) is 9.12. The average Bonchev–Trinajstić information content (AvgIpc) is 2.69. The first-order chi connectivity index (χ1) is 13.1. The molecule has 0 saturated heterocycles. The van der Waals surface area contributed by atoms with Gasteiger partial charge in [-0.3, -0.25) is 0 Å². The maximum Gasteiger partial charge on any atom is 0.257 e. The number of nitrogens with one attached hydrogen (secondary N) is 1. The monoisotopic (exact) mass is 437 g/mol. The van der Waals surface area contributed by atoms with Crippen LogP contribution in [0.5, 0.6) is 17.4 Å². The molecule has 0 bridgehead atoms. The van der Waals surface area contributed by atoms with Crippen molar-refractivity contribution >= 4 is 21.7 Å². The quantitative estimate of drug-likeness (QED) is 0.480. The van der Waals surface area contributed by atoms with Crippen LogP contribution >= 0.6 is 15.9 Å². The lowest BCUT2D eigenvalue weighted by molar-refractivity contribution is 0.294. The predicted octanol–water partition coefficient (Wildman–Crippen LogP) is 5.31. The van der Waals surface area contributed by atoms with E-state index in [1.807, 2.05) is 26.1 Å². The number of benzene rings is 1. The van der Waals surface area contributed by atoms with Crippen molar-refractivity contribution in [1.29, 1.82) is 0 Å². The minimum Gasteiger partial charge on any atom is -0.496 e. The number of methoxy groups -OCH3 is 1. The van der Waals surface area contributed by atoms with Crippen LogP contribution in [0.4, 0.5) is 5.82 Å². The van der Waals surface area contributed by atoms with Crippen LogP contribution in [0.3, 0.4) is 0 Å². The van der Waals surface area contributed by atoms with E-state index in [4.69, 9.17) is 14.2 Å². The Morgan fingerprint density at radius 2 is 1.89 bits per heavy atom.